The van der Waals surface area contributed by atoms with Gasteiger partial charge in [-0.1, -0.05) is 48.1 Å². The lowest BCUT2D eigenvalue weighted by Gasteiger charge is -2.59. The van der Waals surface area contributed by atoms with Crippen LogP contribution in [0.4, 0.5) is 0 Å². The summed E-state index contributed by atoms with van der Waals surface area (Å²) in [5, 5.41) is 11.4. The van der Waals surface area contributed by atoms with Gasteiger partial charge < -0.3 is 9.84 Å². The minimum Gasteiger partial charge on any atom is -0.457 e. The fraction of sp³-hybridized carbons (Fsp3) is 0.696. The third-order valence-corrected chi connectivity index (χ3v) is 9.24. The van der Waals surface area contributed by atoms with Crippen molar-refractivity contribution in [1.82, 2.24) is 0 Å². The van der Waals surface area contributed by atoms with Crippen LogP contribution in [-0.4, -0.2) is 39.3 Å². The highest BCUT2D eigenvalue weighted by atomic mass is 127. The summed E-state index contributed by atoms with van der Waals surface area (Å²) in [5.74, 6) is 0.333. The van der Waals surface area contributed by atoms with Crippen LogP contribution in [0.1, 0.15) is 52.9 Å². The molecule has 0 aromatic carbocycles. The molecule has 0 radical (unpaired) electrons. The number of esters is 1. The van der Waals surface area contributed by atoms with Gasteiger partial charge in [-0.05, 0) is 61.3 Å². The van der Waals surface area contributed by atoms with E-state index in [0.717, 1.165) is 31.3 Å². The lowest BCUT2D eigenvalue weighted by Crippen LogP contribution is -2.57. The molecule has 4 aliphatic carbocycles. The third kappa shape index (κ3) is 3.25. The van der Waals surface area contributed by atoms with E-state index < -0.39 is 12.1 Å². The highest BCUT2D eigenvalue weighted by Gasteiger charge is 2.61. The monoisotopic (exact) mass is 512 g/mol. The van der Waals surface area contributed by atoms with E-state index in [2.05, 4.69) is 36.4 Å². The molecule has 0 aromatic heterocycles. The lowest BCUT2D eigenvalue weighted by molar-refractivity contribution is -0.146. The van der Waals surface area contributed by atoms with E-state index in [0.29, 0.717) is 18.3 Å². The number of halogens is 1. The average Bonchev–Trinajstić information content (AvgIpc) is 2.97. The Morgan fingerprint density at radius 1 is 1.28 bits per heavy atom. The van der Waals surface area contributed by atoms with Crippen molar-refractivity contribution in [2.45, 2.75) is 62.9 Å². The van der Waals surface area contributed by atoms with Crippen LogP contribution in [0.15, 0.2) is 23.3 Å². The van der Waals surface area contributed by atoms with Gasteiger partial charge in [0, 0.05) is 17.9 Å². The summed E-state index contributed by atoms with van der Waals surface area (Å²) >= 11 is 2.24. The highest BCUT2D eigenvalue weighted by molar-refractivity contribution is 14.1. The second-order valence-electron chi connectivity index (χ2n) is 9.74. The molecule has 2 fully saturated rings. The molecule has 29 heavy (non-hydrogen) atoms. The Balaban J connectivity index is 1.63. The number of Topliss-reactive ketones (excluding diaryl/α,β-unsaturated/α-hetero) is 1. The van der Waals surface area contributed by atoms with Gasteiger partial charge in [-0.2, -0.15) is 0 Å². The Hall–Kier alpha value is -1.02. The van der Waals surface area contributed by atoms with Gasteiger partial charge in [0.15, 0.2) is 18.2 Å². The van der Waals surface area contributed by atoms with Crippen molar-refractivity contribution < 1.29 is 24.2 Å². The number of hydrogen-bond acceptors (Lipinski definition) is 5. The first kappa shape index (κ1) is 21.2. The largest absolute Gasteiger partial charge is 0.457 e. The van der Waals surface area contributed by atoms with Crippen molar-refractivity contribution >= 4 is 40.1 Å². The number of ketones is 2. The Kier molecular flexibility index (Phi) is 5.33. The molecule has 7 atom stereocenters. The molecule has 2 saturated carbocycles. The number of hydrogen-bond donors (Lipinski definition) is 1. The maximum atomic E-state index is 12.8. The molecule has 0 saturated heterocycles. The molecule has 0 heterocycles. The number of carbonyl (C=O) groups excluding carboxylic acids is 3. The number of fused-ring (bicyclic) bond motifs is 5. The lowest BCUT2D eigenvalue weighted by atomic mass is 9.46. The molecule has 0 aliphatic heterocycles. The van der Waals surface area contributed by atoms with Gasteiger partial charge in [0.1, 0.15) is 0 Å². The zero-order valence-electron chi connectivity index (χ0n) is 17.2. The van der Waals surface area contributed by atoms with Crippen LogP contribution in [0.2, 0.25) is 0 Å². The molecule has 0 bridgehead atoms. The Morgan fingerprint density at radius 3 is 2.69 bits per heavy atom. The van der Waals surface area contributed by atoms with Crippen LogP contribution in [0.25, 0.3) is 0 Å². The molecule has 0 spiro atoms. The molecule has 4 rings (SSSR count). The van der Waals surface area contributed by atoms with Crippen LogP contribution in [-0.2, 0) is 19.1 Å². The maximum absolute atomic E-state index is 12.8. The summed E-state index contributed by atoms with van der Waals surface area (Å²) in [6.07, 6.45) is 7.33. The first-order valence-corrected chi connectivity index (χ1v) is 11.8. The highest BCUT2D eigenvalue weighted by Crippen LogP contribution is 2.65. The van der Waals surface area contributed by atoms with Gasteiger partial charge in [0.05, 0.1) is 10.0 Å². The number of alkyl halides is 1. The molecule has 6 heteroatoms. The number of ether oxygens (including phenoxy) is 1. The molecule has 1 N–H and O–H groups in total. The van der Waals surface area contributed by atoms with E-state index in [9.17, 15) is 19.5 Å². The standard InChI is InChI=1S/C23H29IO5/c1-12(25)29-11-20(28)16-7-6-15-14-5-4-13-8-18(26)17(24)9-22(13,2)21(14)19(27)10-23(15,16)3/h7-8,14-15,17,19,21,27H,4-6,9-11H2,1-3H3/t14-,15-,17?,19+,21+,22-,23-/m0/s1. The van der Waals surface area contributed by atoms with Crippen LogP contribution in [0.5, 0.6) is 0 Å². The van der Waals surface area contributed by atoms with Gasteiger partial charge in [-0.25, -0.2) is 0 Å². The predicted octanol–water partition coefficient (Wildman–Crippen LogP) is 3.57. The number of rotatable bonds is 3. The predicted molar refractivity (Wildman–Crippen MR) is 116 cm³/mol. The topological polar surface area (TPSA) is 80.7 Å². The first-order valence-electron chi connectivity index (χ1n) is 10.5. The number of carbonyl (C=O) groups is 3. The minimum atomic E-state index is -0.519. The van der Waals surface area contributed by atoms with Crippen LogP contribution in [0, 0.1) is 28.6 Å². The molecule has 0 aromatic rings. The van der Waals surface area contributed by atoms with E-state index >= 15 is 0 Å². The van der Waals surface area contributed by atoms with Crippen LogP contribution in [0.3, 0.4) is 0 Å². The maximum Gasteiger partial charge on any atom is 0.303 e. The molecule has 0 amide bonds. The van der Waals surface area contributed by atoms with Crippen molar-refractivity contribution in [3.63, 3.8) is 0 Å². The van der Waals surface area contributed by atoms with Crippen molar-refractivity contribution in [1.29, 1.82) is 0 Å². The summed E-state index contributed by atoms with van der Waals surface area (Å²) < 4.78 is 4.91. The fourth-order valence-corrected chi connectivity index (χ4v) is 8.05. The van der Waals surface area contributed by atoms with E-state index in [4.69, 9.17) is 4.74 Å². The smallest absolute Gasteiger partial charge is 0.303 e. The fourth-order valence-electron chi connectivity index (χ4n) is 6.96. The third-order valence-electron chi connectivity index (χ3n) is 8.19. The zero-order chi connectivity index (χ0) is 21.1. The quantitative estimate of drug-likeness (QED) is 0.356. The average molecular weight is 512 g/mol. The van der Waals surface area contributed by atoms with E-state index in [-0.39, 0.29) is 38.8 Å². The normalized spacial score (nSPS) is 43.5. The Bertz CT molecular complexity index is 829. The molecule has 5 nitrogen and oxygen atoms in total. The van der Waals surface area contributed by atoms with Crippen molar-refractivity contribution in [2.24, 2.45) is 28.6 Å². The van der Waals surface area contributed by atoms with Gasteiger partial charge >= 0.3 is 5.97 Å². The van der Waals surface area contributed by atoms with Gasteiger partial charge in [-0.3, -0.25) is 14.4 Å². The van der Waals surface area contributed by atoms with Crippen LogP contribution >= 0.6 is 22.6 Å². The Morgan fingerprint density at radius 2 is 2.00 bits per heavy atom. The number of allylic oxidation sites excluding steroid dienone is 3. The van der Waals surface area contributed by atoms with Crippen molar-refractivity contribution in [3.8, 4) is 0 Å². The second kappa shape index (κ2) is 7.29. The summed E-state index contributed by atoms with van der Waals surface area (Å²) in [4.78, 5) is 36.2. The van der Waals surface area contributed by atoms with Crippen molar-refractivity contribution in [2.75, 3.05) is 6.61 Å². The van der Waals surface area contributed by atoms with Crippen LogP contribution < -0.4 is 0 Å². The number of aliphatic hydroxyl groups is 1. The SMILES string of the molecule is CC(=O)OCC(=O)C1=CC[C@H]2[C@@H]3CCC4=CC(=O)C(I)C[C@]4(C)[C@H]3[C@H](O)C[C@]12C. The van der Waals surface area contributed by atoms with Gasteiger partial charge in [-0.15, -0.1) is 0 Å². The van der Waals surface area contributed by atoms with Gasteiger partial charge in [0.25, 0.3) is 0 Å². The Labute approximate surface area is 185 Å². The summed E-state index contributed by atoms with van der Waals surface area (Å²) in [6, 6.07) is 0. The number of aliphatic hydroxyl groups excluding tert-OH is 1. The molecule has 1 unspecified atom stereocenters. The summed E-state index contributed by atoms with van der Waals surface area (Å²) in [5.41, 5.74) is 1.38. The first-order chi connectivity index (χ1) is 13.6. The molecule has 158 valence electrons. The summed E-state index contributed by atoms with van der Waals surface area (Å²) in [7, 11) is 0. The van der Waals surface area contributed by atoms with E-state index in [1.54, 1.807) is 0 Å². The summed E-state index contributed by atoms with van der Waals surface area (Å²) in [6.45, 7) is 5.41. The second-order valence-corrected chi connectivity index (χ2v) is 11.2. The molecular formula is C23H29IO5. The van der Waals surface area contributed by atoms with E-state index in [1.807, 2.05) is 12.2 Å². The van der Waals surface area contributed by atoms with E-state index in [1.165, 1.54) is 12.5 Å². The van der Waals surface area contributed by atoms with Gasteiger partial charge in [0.2, 0.25) is 0 Å². The molecule has 4 aliphatic rings. The zero-order valence-corrected chi connectivity index (χ0v) is 19.4. The van der Waals surface area contributed by atoms with Crippen molar-refractivity contribution in [3.05, 3.63) is 23.3 Å². The molecular weight excluding hydrogens is 483 g/mol. The minimum absolute atomic E-state index is 0.0387.